The molecule has 1 aliphatic rings. The summed E-state index contributed by atoms with van der Waals surface area (Å²) in [6, 6.07) is 4.02. The third kappa shape index (κ3) is 2.59. The SMILES string of the molecule is COc1cc(N2CCC(CCl)CC2)ccn1. The van der Waals surface area contributed by atoms with Crippen molar-refractivity contribution in [1.82, 2.24) is 4.98 Å². The summed E-state index contributed by atoms with van der Waals surface area (Å²) in [5.41, 5.74) is 1.19. The molecule has 0 unspecified atom stereocenters. The van der Waals surface area contributed by atoms with Crippen LogP contribution in [0.1, 0.15) is 12.8 Å². The molecule has 1 aliphatic heterocycles. The van der Waals surface area contributed by atoms with E-state index in [9.17, 15) is 0 Å². The lowest BCUT2D eigenvalue weighted by atomic mass is 9.99. The summed E-state index contributed by atoms with van der Waals surface area (Å²) in [7, 11) is 1.64. The lowest BCUT2D eigenvalue weighted by molar-refractivity contribution is 0.397. The van der Waals surface area contributed by atoms with Crippen LogP contribution in [0, 0.1) is 5.92 Å². The Morgan fingerprint density at radius 2 is 2.25 bits per heavy atom. The predicted molar refractivity (Wildman–Crippen MR) is 66.4 cm³/mol. The molecule has 0 spiro atoms. The first-order chi connectivity index (χ1) is 7.83. The Balaban J connectivity index is 2.02. The van der Waals surface area contributed by atoms with Crippen LogP contribution in [-0.4, -0.2) is 31.1 Å². The van der Waals surface area contributed by atoms with Crippen molar-refractivity contribution in [2.45, 2.75) is 12.8 Å². The van der Waals surface area contributed by atoms with E-state index in [1.165, 1.54) is 18.5 Å². The number of methoxy groups -OCH3 is 1. The van der Waals surface area contributed by atoms with Gasteiger partial charge in [0.05, 0.1) is 7.11 Å². The van der Waals surface area contributed by atoms with Gasteiger partial charge in [0.1, 0.15) is 0 Å². The fourth-order valence-corrected chi connectivity index (χ4v) is 2.36. The maximum atomic E-state index is 5.87. The minimum Gasteiger partial charge on any atom is -0.481 e. The molecule has 4 heteroatoms. The quantitative estimate of drug-likeness (QED) is 0.760. The highest BCUT2D eigenvalue weighted by atomic mass is 35.5. The van der Waals surface area contributed by atoms with E-state index in [1.54, 1.807) is 13.3 Å². The van der Waals surface area contributed by atoms with E-state index in [2.05, 4.69) is 9.88 Å². The Kier molecular flexibility index (Phi) is 3.88. The van der Waals surface area contributed by atoms with Gasteiger partial charge >= 0.3 is 0 Å². The fourth-order valence-electron chi connectivity index (χ4n) is 2.05. The molecule has 0 amide bonds. The molecule has 0 aromatic carbocycles. The molecule has 1 aromatic rings. The molecule has 88 valence electrons. The van der Waals surface area contributed by atoms with Crippen LogP contribution in [0.2, 0.25) is 0 Å². The number of halogens is 1. The molecule has 0 saturated carbocycles. The molecule has 3 nitrogen and oxygen atoms in total. The van der Waals surface area contributed by atoms with Crippen molar-refractivity contribution in [2.24, 2.45) is 5.92 Å². The maximum Gasteiger partial charge on any atom is 0.214 e. The van der Waals surface area contributed by atoms with Crippen molar-refractivity contribution in [3.05, 3.63) is 18.3 Å². The van der Waals surface area contributed by atoms with E-state index < -0.39 is 0 Å². The summed E-state index contributed by atoms with van der Waals surface area (Å²) in [4.78, 5) is 6.48. The second kappa shape index (κ2) is 5.39. The van der Waals surface area contributed by atoms with Gasteiger partial charge < -0.3 is 9.64 Å². The summed E-state index contributed by atoms with van der Waals surface area (Å²) in [5.74, 6) is 2.15. The Labute approximate surface area is 101 Å². The first kappa shape index (κ1) is 11.5. The molecule has 0 atom stereocenters. The number of rotatable bonds is 3. The number of pyridine rings is 1. The van der Waals surface area contributed by atoms with Gasteiger partial charge in [0.2, 0.25) is 5.88 Å². The molecule has 0 N–H and O–H groups in total. The average molecular weight is 241 g/mol. The van der Waals surface area contributed by atoms with Crippen LogP contribution in [-0.2, 0) is 0 Å². The smallest absolute Gasteiger partial charge is 0.214 e. The lowest BCUT2D eigenvalue weighted by Gasteiger charge is -2.32. The molecule has 0 aliphatic carbocycles. The van der Waals surface area contributed by atoms with Crippen molar-refractivity contribution in [3.63, 3.8) is 0 Å². The zero-order valence-corrected chi connectivity index (χ0v) is 10.3. The summed E-state index contributed by atoms with van der Waals surface area (Å²) >= 11 is 5.87. The van der Waals surface area contributed by atoms with Gasteiger partial charge in [-0.25, -0.2) is 4.98 Å². The summed E-state index contributed by atoms with van der Waals surface area (Å²) in [6.45, 7) is 2.15. The zero-order valence-electron chi connectivity index (χ0n) is 9.53. The Hall–Kier alpha value is -0.960. The zero-order chi connectivity index (χ0) is 11.4. The topological polar surface area (TPSA) is 25.4 Å². The molecule has 2 heterocycles. The predicted octanol–water partition coefficient (Wildman–Crippen LogP) is 2.55. The first-order valence-electron chi connectivity index (χ1n) is 5.64. The minimum absolute atomic E-state index is 0.678. The largest absolute Gasteiger partial charge is 0.481 e. The third-order valence-electron chi connectivity index (χ3n) is 3.13. The molecule has 2 rings (SSSR count). The first-order valence-corrected chi connectivity index (χ1v) is 6.18. The number of aromatic nitrogens is 1. The second-order valence-electron chi connectivity index (χ2n) is 4.14. The molecule has 1 fully saturated rings. The van der Waals surface area contributed by atoms with E-state index in [-0.39, 0.29) is 0 Å². The van der Waals surface area contributed by atoms with Crippen molar-refractivity contribution >= 4 is 17.3 Å². The van der Waals surface area contributed by atoms with Gasteiger partial charge in [-0.3, -0.25) is 0 Å². The van der Waals surface area contributed by atoms with E-state index in [1.807, 2.05) is 12.1 Å². The van der Waals surface area contributed by atoms with Crippen LogP contribution in [0.25, 0.3) is 0 Å². The van der Waals surface area contributed by atoms with Gasteiger partial charge in [0, 0.05) is 36.9 Å². The average Bonchev–Trinajstić information content (AvgIpc) is 2.39. The van der Waals surface area contributed by atoms with Crippen LogP contribution >= 0.6 is 11.6 Å². The molecule has 1 saturated heterocycles. The normalized spacial score (nSPS) is 17.5. The standard InChI is InChI=1S/C12H17ClN2O/c1-16-12-8-11(2-5-14-12)15-6-3-10(9-13)4-7-15/h2,5,8,10H,3-4,6-7,9H2,1H3. The lowest BCUT2D eigenvalue weighted by Crippen LogP contribution is -2.34. The monoisotopic (exact) mass is 240 g/mol. The molecule has 0 bridgehead atoms. The van der Waals surface area contributed by atoms with Crippen molar-refractivity contribution in [2.75, 3.05) is 31.0 Å². The molecular formula is C12H17ClN2O. The van der Waals surface area contributed by atoms with Crippen molar-refractivity contribution < 1.29 is 4.74 Å². The van der Waals surface area contributed by atoms with Crippen molar-refractivity contribution in [3.8, 4) is 5.88 Å². The van der Waals surface area contributed by atoms with E-state index in [0.717, 1.165) is 19.0 Å². The van der Waals surface area contributed by atoms with Crippen LogP contribution in [0.15, 0.2) is 18.3 Å². The number of ether oxygens (including phenoxy) is 1. The Morgan fingerprint density at radius 1 is 1.50 bits per heavy atom. The molecule has 0 radical (unpaired) electrons. The van der Waals surface area contributed by atoms with Crippen LogP contribution in [0.5, 0.6) is 5.88 Å². The summed E-state index contributed by atoms with van der Waals surface area (Å²) in [6.07, 6.45) is 4.14. The number of alkyl halides is 1. The van der Waals surface area contributed by atoms with E-state index >= 15 is 0 Å². The van der Waals surface area contributed by atoms with Crippen LogP contribution in [0.3, 0.4) is 0 Å². The van der Waals surface area contributed by atoms with Gasteiger partial charge in [0.25, 0.3) is 0 Å². The molecule has 16 heavy (non-hydrogen) atoms. The van der Waals surface area contributed by atoms with E-state index in [0.29, 0.717) is 11.8 Å². The van der Waals surface area contributed by atoms with Gasteiger partial charge in [0.15, 0.2) is 0 Å². The Morgan fingerprint density at radius 3 is 2.88 bits per heavy atom. The van der Waals surface area contributed by atoms with Gasteiger partial charge in [-0.1, -0.05) is 0 Å². The van der Waals surface area contributed by atoms with Gasteiger partial charge in [-0.05, 0) is 24.8 Å². The maximum absolute atomic E-state index is 5.87. The second-order valence-corrected chi connectivity index (χ2v) is 4.45. The molecule has 1 aromatic heterocycles. The van der Waals surface area contributed by atoms with Gasteiger partial charge in [-0.15, -0.1) is 11.6 Å². The summed E-state index contributed by atoms with van der Waals surface area (Å²) < 4.78 is 5.13. The minimum atomic E-state index is 0.678. The van der Waals surface area contributed by atoms with E-state index in [4.69, 9.17) is 16.3 Å². The number of hydrogen-bond donors (Lipinski definition) is 0. The number of anilines is 1. The highest BCUT2D eigenvalue weighted by Crippen LogP contribution is 2.25. The summed E-state index contributed by atoms with van der Waals surface area (Å²) in [5, 5.41) is 0. The number of hydrogen-bond acceptors (Lipinski definition) is 3. The van der Waals surface area contributed by atoms with Gasteiger partial charge in [-0.2, -0.15) is 0 Å². The fraction of sp³-hybridized carbons (Fsp3) is 0.583. The highest BCUT2D eigenvalue weighted by molar-refractivity contribution is 6.18. The number of piperidine rings is 1. The number of nitrogens with zero attached hydrogens (tertiary/aromatic N) is 2. The molecular weight excluding hydrogens is 224 g/mol. The van der Waals surface area contributed by atoms with Crippen molar-refractivity contribution in [1.29, 1.82) is 0 Å². The van der Waals surface area contributed by atoms with Crippen LogP contribution < -0.4 is 9.64 Å². The Bertz CT molecular complexity index is 338. The highest BCUT2D eigenvalue weighted by Gasteiger charge is 2.18. The van der Waals surface area contributed by atoms with Crippen LogP contribution in [0.4, 0.5) is 5.69 Å². The third-order valence-corrected chi connectivity index (χ3v) is 3.56.